The zero-order valence-electron chi connectivity index (χ0n) is 8.09. The SMILES string of the molecule is Cc1cccc(C)c1[C@@H](C)CN. The molecular formula is C11H17N. The zero-order chi connectivity index (χ0) is 9.14. The van der Waals surface area contributed by atoms with Crippen LogP contribution in [0.3, 0.4) is 0 Å². The first kappa shape index (κ1) is 9.27. The topological polar surface area (TPSA) is 26.0 Å². The molecule has 1 aromatic carbocycles. The van der Waals surface area contributed by atoms with E-state index < -0.39 is 0 Å². The van der Waals surface area contributed by atoms with E-state index in [2.05, 4.69) is 39.0 Å². The van der Waals surface area contributed by atoms with Crippen molar-refractivity contribution in [2.75, 3.05) is 6.54 Å². The van der Waals surface area contributed by atoms with E-state index in [9.17, 15) is 0 Å². The number of aryl methyl sites for hydroxylation is 2. The minimum absolute atomic E-state index is 0.478. The monoisotopic (exact) mass is 163 g/mol. The molecule has 1 aromatic rings. The third-order valence-corrected chi connectivity index (χ3v) is 2.39. The molecule has 0 amide bonds. The van der Waals surface area contributed by atoms with Gasteiger partial charge in [-0.2, -0.15) is 0 Å². The second-order valence-corrected chi connectivity index (χ2v) is 3.44. The second-order valence-electron chi connectivity index (χ2n) is 3.44. The van der Waals surface area contributed by atoms with Crippen LogP contribution in [0.1, 0.15) is 29.5 Å². The standard InChI is InChI=1S/C11H17N/c1-8-5-4-6-9(2)11(8)10(3)7-12/h4-6,10H,7,12H2,1-3H3/t10-/m0/s1. The molecule has 0 aliphatic heterocycles. The Morgan fingerprint density at radius 2 is 1.75 bits per heavy atom. The Balaban J connectivity index is 3.12. The van der Waals surface area contributed by atoms with E-state index in [1.165, 1.54) is 16.7 Å². The molecule has 1 atom stereocenters. The largest absolute Gasteiger partial charge is 0.330 e. The first-order valence-corrected chi connectivity index (χ1v) is 4.43. The molecule has 0 fully saturated rings. The number of rotatable bonds is 2. The molecule has 0 saturated carbocycles. The molecule has 0 aliphatic carbocycles. The molecule has 0 aliphatic rings. The van der Waals surface area contributed by atoms with E-state index in [4.69, 9.17) is 5.73 Å². The van der Waals surface area contributed by atoms with Crippen molar-refractivity contribution in [3.63, 3.8) is 0 Å². The highest BCUT2D eigenvalue weighted by molar-refractivity contribution is 5.36. The third kappa shape index (κ3) is 1.67. The highest BCUT2D eigenvalue weighted by Gasteiger charge is 2.08. The Morgan fingerprint density at radius 1 is 1.25 bits per heavy atom. The molecule has 12 heavy (non-hydrogen) atoms. The van der Waals surface area contributed by atoms with E-state index in [1.807, 2.05) is 0 Å². The fraction of sp³-hybridized carbons (Fsp3) is 0.455. The highest BCUT2D eigenvalue weighted by Crippen LogP contribution is 2.21. The van der Waals surface area contributed by atoms with Gasteiger partial charge in [0.2, 0.25) is 0 Å². The lowest BCUT2D eigenvalue weighted by molar-refractivity contribution is 0.761. The fourth-order valence-corrected chi connectivity index (χ4v) is 1.72. The summed E-state index contributed by atoms with van der Waals surface area (Å²) in [7, 11) is 0. The van der Waals surface area contributed by atoms with Crippen LogP contribution in [-0.4, -0.2) is 6.54 Å². The Labute approximate surface area is 74.6 Å². The molecule has 66 valence electrons. The molecule has 0 saturated heterocycles. The van der Waals surface area contributed by atoms with Crippen molar-refractivity contribution in [3.8, 4) is 0 Å². The summed E-state index contributed by atoms with van der Waals surface area (Å²) in [5, 5.41) is 0. The summed E-state index contributed by atoms with van der Waals surface area (Å²) >= 11 is 0. The Kier molecular flexibility index (Phi) is 2.88. The molecule has 1 rings (SSSR count). The zero-order valence-corrected chi connectivity index (χ0v) is 8.09. The first-order valence-electron chi connectivity index (χ1n) is 4.43. The molecule has 0 radical (unpaired) electrons. The van der Waals surface area contributed by atoms with Crippen LogP contribution < -0.4 is 5.73 Å². The van der Waals surface area contributed by atoms with Crippen LogP contribution in [0.25, 0.3) is 0 Å². The van der Waals surface area contributed by atoms with Gasteiger partial charge in [0, 0.05) is 0 Å². The van der Waals surface area contributed by atoms with E-state index in [0.717, 1.165) is 6.54 Å². The van der Waals surface area contributed by atoms with Crippen molar-refractivity contribution >= 4 is 0 Å². The number of hydrogen-bond donors (Lipinski definition) is 1. The number of hydrogen-bond acceptors (Lipinski definition) is 1. The van der Waals surface area contributed by atoms with Gasteiger partial charge in [-0.05, 0) is 43.0 Å². The summed E-state index contributed by atoms with van der Waals surface area (Å²) < 4.78 is 0. The summed E-state index contributed by atoms with van der Waals surface area (Å²) in [6.45, 7) is 7.20. The second kappa shape index (κ2) is 3.72. The first-order chi connectivity index (χ1) is 5.66. The Hall–Kier alpha value is -0.820. The number of benzene rings is 1. The molecular weight excluding hydrogens is 146 g/mol. The van der Waals surface area contributed by atoms with Gasteiger partial charge in [0.15, 0.2) is 0 Å². The Bertz CT molecular complexity index is 245. The van der Waals surface area contributed by atoms with Crippen LogP contribution in [0, 0.1) is 13.8 Å². The number of nitrogens with two attached hydrogens (primary N) is 1. The van der Waals surface area contributed by atoms with Gasteiger partial charge in [-0.15, -0.1) is 0 Å². The van der Waals surface area contributed by atoms with Crippen LogP contribution in [0.5, 0.6) is 0 Å². The third-order valence-electron chi connectivity index (χ3n) is 2.39. The quantitative estimate of drug-likeness (QED) is 0.711. The van der Waals surface area contributed by atoms with Gasteiger partial charge >= 0.3 is 0 Å². The maximum atomic E-state index is 5.64. The van der Waals surface area contributed by atoms with Crippen LogP contribution in [-0.2, 0) is 0 Å². The summed E-state index contributed by atoms with van der Waals surface area (Å²) in [6.07, 6.45) is 0. The smallest absolute Gasteiger partial charge is 0.00107 e. The minimum Gasteiger partial charge on any atom is -0.330 e. The van der Waals surface area contributed by atoms with Crippen LogP contribution in [0.15, 0.2) is 18.2 Å². The van der Waals surface area contributed by atoms with E-state index in [-0.39, 0.29) is 0 Å². The van der Waals surface area contributed by atoms with Crippen molar-refractivity contribution in [1.82, 2.24) is 0 Å². The maximum Gasteiger partial charge on any atom is -0.00107 e. The van der Waals surface area contributed by atoms with Gasteiger partial charge in [-0.3, -0.25) is 0 Å². The average molecular weight is 163 g/mol. The molecule has 2 N–H and O–H groups in total. The summed E-state index contributed by atoms with van der Waals surface area (Å²) in [5.41, 5.74) is 9.77. The lowest BCUT2D eigenvalue weighted by Gasteiger charge is -2.15. The highest BCUT2D eigenvalue weighted by atomic mass is 14.5. The Morgan fingerprint density at radius 3 is 2.17 bits per heavy atom. The summed E-state index contributed by atoms with van der Waals surface area (Å²) in [6, 6.07) is 6.39. The van der Waals surface area contributed by atoms with Crippen molar-refractivity contribution in [3.05, 3.63) is 34.9 Å². The summed E-state index contributed by atoms with van der Waals surface area (Å²) in [4.78, 5) is 0. The molecule has 0 bridgehead atoms. The summed E-state index contributed by atoms with van der Waals surface area (Å²) in [5.74, 6) is 0.478. The van der Waals surface area contributed by atoms with Crippen molar-refractivity contribution in [2.45, 2.75) is 26.7 Å². The van der Waals surface area contributed by atoms with Crippen molar-refractivity contribution < 1.29 is 0 Å². The van der Waals surface area contributed by atoms with Crippen molar-refractivity contribution in [2.24, 2.45) is 5.73 Å². The molecule has 0 heterocycles. The molecule has 1 nitrogen and oxygen atoms in total. The predicted molar refractivity (Wildman–Crippen MR) is 53.4 cm³/mol. The van der Waals surface area contributed by atoms with E-state index >= 15 is 0 Å². The van der Waals surface area contributed by atoms with Crippen molar-refractivity contribution in [1.29, 1.82) is 0 Å². The molecule has 0 unspecified atom stereocenters. The average Bonchev–Trinajstić information content (AvgIpc) is 2.03. The minimum atomic E-state index is 0.478. The van der Waals surface area contributed by atoms with E-state index in [1.54, 1.807) is 0 Å². The van der Waals surface area contributed by atoms with Gasteiger partial charge in [0.05, 0.1) is 0 Å². The molecule has 1 heteroatoms. The lowest BCUT2D eigenvalue weighted by Crippen LogP contribution is -2.11. The fourth-order valence-electron chi connectivity index (χ4n) is 1.72. The van der Waals surface area contributed by atoms with Gasteiger partial charge in [0.1, 0.15) is 0 Å². The molecule has 0 aromatic heterocycles. The van der Waals surface area contributed by atoms with Gasteiger partial charge < -0.3 is 5.73 Å². The van der Waals surface area contributed by atoms with Gasteiger partial charge in [0.25, 0.3) is 0 Å². The maximum absolute atomic E-state index is 5.64. The van der Waals surface area contributed by atoms with Gasteiger partial charge in [-0.1, -0.05) is 25.1 Å². The normalized spacial score (nSPS) is 13.0. The van der Waals surface area contributed by atoms with Crippen LogP contribution >= 0.6 is 0 Å². The van der Waals surface area contributed by atoms with Crippen LogP contribution in [0.4, 0.5) is 0 Å². The van der Waals surface area contributed by atoms with E-state index in [0.29, 0.717) is 5.92 Å². The van der Waals surface area contributed by atoms with Crippen LogP contribution in [0.2, 0.25) is 0 Å². The molecule has 0 spiro atoms. The van der Waals surface area contributed by atoms with Gasteiger partial charge in [-0.25, -0.2) is 0 Å². The lowest BCUT2D eigenvalue weighted by atomic mass is 9.92. The predicted octanol–water partition coefficient (Wildman–Crippen LogP) is 2.37.